The lowest BCUT2D eigenvalue weighted by molar-refractivity contribution is 0.0710. The van der Waals surface area contributed by atoms with Crippen LogP contribution in [-0.4, -0.2) is 19.6 Å². The van der Waals surface area contributed by atoms with Gasteiger partial charge in [-0.3, -0.25) is 4.98 Å². The summed E-state index contributed by atoms with van der Waals surface area (Å²) < 4.78 is 15.8. The normalized spacial score (nSPS) is 24.3. The number of hydrogen-bond acceptors (Lipinski definition) is 3. The first kappa shape index (κ1) is 13.9. The van der Waals surface area contributed by atoms with Gasteiger partial charge in [0.05, 0.1) is 30.4 Å². The summed E-state index contributed by atoms with van der Waals surface area (Å²) in [5.74, 6) is -0.234. The van der Waals surface area contributed by atoms with E-state index in [-0.39, 0.29) is 17.8 Å². The van der Waals surface area contributed by atoms with E-state index in [0.717, 1.165) is 40.9 Å². The maximum absolute atomic E-state index is 13.7. The number of pyridine rings is 1. The molecule has 120 valence electrons. The molecule has 3 aromatic rings. The molecule has 0 radical (unpaired) electrons. The van der Waals surface area contributed by atoms with Gasteiger partial charge in [-0.15, -0.1) is 0 Å². The monoisotopic (exact) mass is 321 g/mol. The molecule has 2 aliphatic rings. The molecule has 0 bridgehead atoms. The fourth-order valence-corrected chi connectivity index (χ4v) is 4.28. The van der Waals surface area contributed by atoms with Crippen molar-refractivity contribution in [2.75, 3.05) is 0 Å². The zero-order chi connectivity index (χ0) is 16.3. The number of imidazole rings is 1. The van der Waals surface area contributed by atoms with Crippen molar-refractivity contribution in [3.05, 3.63) is 71.7 Å². The Morgan fingerprint density at radius 1 is 1.21 bits per heavy atom. The van der Waals surface area contributed by atoms with E-state index < -0.39 is 6.10 Å². The highest BCUT2D eigenvalue weighted by Crippen LogP contribution is 2.49. The van der Waals surface area contributed by atoms with Crippen LogP contribution in [0.5, 0.6) is 0 Å². The van der Waals surface area contributed by atoms with Crippen LogP contribution in [0.4, 0.5) is 4.39 Å². The van der Waals surface area contributed by atoms with E-state index in [1.165, 1.54) is 6.07 Å². The third kappa shape index (κ3) is 1.82. The Kier molecular flexibility index (Phi) is 2.88. The van der Waals surface area contributed by atoms with Crippen LogP contribution in [-0.2, 0) is 6.42 Å². The summed E-state index contributed by atoms with van der Waals surface area (Å²) in [4.78, 5) is 8.63. The second kappa shape index (κ2) is 4.98. The summed E-state index contributed by atoms with van der Waals surface area (Å²) in [5.41, 5.74) is 4.74. The molecule has 1 unspecified atom stereocenters. The van der Waals surface area contributed by atoms with Gasteiger partial charge in [-0.05, 0) is 36.6 Å². The maximum atomic E-state index is 13.7. The fourth-order valence-electron chi connectivity index (χ4n) is 4.28. The van der Waals surface area contributed by atoms with Crippen LogP contribution in [0.25, 0.3) is 11.3 Å². The van der Waals surface area contributed by atoms with E-state index in [1.54, 1.807) is 24.8 Å². The number of fused-ring (bicyclic) bond motifs is 4. The van der Waals surface area contributed by atoms with Crippen LogP contribution in [0.1, 0.15) is 35.4 Å². The standard InChI is InChI=1S/C19H16FN3O/c20-11-3-4-12-15(8-11)17-9-21-10-23(17)18(12)14-5-6-16-13(19(14)24)2-1-7-22-16/h1-4,7-10,14,18-19,24H,5-6H2/t14-,18?,19+/m1/s1. The molecule has 0 saturated heterocycles. The predicted octanol–water partition coefficient (Wildman–Crippen LogP) is 3.28. The number of aryl methyl sites for hydroxylation is 1. The summed E-state index contributed by atoms with van der Waals surface area (Å²) in [5, 5.41) is 11.0. The van der Waals surface area contributed by atoms with Gasteiger partial charge in [-0.1, -0.05) is 12.1 Å². The number of halogens is 1. The highest BCUT2D eigenvalue weighted by Gasteiger charge is 2.40. The number of rotatable bonds is 1. The van der Waals surface area contributed by atoms with E-state index in [9.17, 15) is 9.50 Å². The number of benzene rings is 1. The van der Waals surface area contributed by atoms with Crippen LogP contribution >= 0.6 is 0 Å². The van der Waals surface area contributed by atoms with Gasteiger partial charge in [0.15, 0.2) is 0 Å². The predicted molar refractivity (Wildman–Crippen MR) is 86.8 cm³/mol. The average molecular weight is 321 g/mol. The zero-order valence-corrected chi connectivity index (χ0v) is 12.9. The van der Waals surface area contributed by atoms with E-state index in [4.69, 9.17) is 0 Å². The number of aliphatic hydroxyl groups is 1. The Balaban J connectivity index is 1.64. The third-order valence-corrected chi connectivity index (χ3v) is 5.35. The van der Waals surface area contributed by atoms with E-state index >= 15 is 0 Å². The molecule has 1 aliphatic carbocycles. The Hall–Kier alpha value is -2.53. The van der Waals surface area contributed by atoms with E-state index in [0.29, 0.717) is 0 Å². The minimum atomic E-state index is -0.585. The quantitative estimate of drug-likeness (QED) is 0.748. The van der Waals surface area contributed by atoms with Crippen LogP contribution in [0, 0.1) is 11.7 Å². The first-order valence-electron chi connectivity index (χ1n) is 8.17. The second-order valence-corrected chi connectivity index (χ2v) is 6.55. The highest BCUT2D eigenvalue weighted by molar-refractivity contribution is 5.69. The summed E-state index contributed by atoms with van der Waals surface area (Å²) in [6, 6.07) is 8.69. The summed E-state index contributed by atoms with van der Waals surface area (Å²) in [6.07, 6.45) is 6.41. The molecule has 2 aromatic heterocycles. The van der Waals surface area contributed by atoms with Crippen molar-refractivity contribution in [3.63, 3.8) is 0 Å². The lowest BCUT2D eigenvalue weighted by Gasteiger charge is -2.34. The van der Waals surface area contributed by atoms with Gasteiger partial charge in [0.1, 0.15) is 5.82 Å². The van der Waals surface area contributed by atoms with Crippen molar-refractivity contribution in [2.45, 2.75) is 25.0 Å². The molecular weight excluding hydrogens is 305 g/mol. The van der Waals surface area contributed by atoms with Gasteiger partial charge in [-0.2, -0.15) is 0 Å². The molecule has 5 heteroatoms. The molecule has 3 heterocycles. The first-order valence-corrected chi connectivity index (χ1v) is 8.17. The number of hydrogen-bond donors (Lipinski definition) is 1. The molecule has 0 amide bonds. The van der Waals surface area contributed by atoms with Gasteiger partial charge < -0.3 is 9.67 Å². The van der Waals surface area contributed by atoms with Crippen molar-refractivity contribution in [1.82, 2.24) is 14.5 Å². The lowest BCUT2D eigenvalue weighted by atomic mass is 9.77. The number of nitrogens with zero attached hydrogens (tertiary/aromatic N) is 3. The highest BCUT2D eigenvalue weighted by atomic mass is 19.1. The van der Waals surface area contributed by atoms with Crippen molar-refractivity contribution < 1.29 is 9.50 Å². The van der Waals surface area contributed by atoms with Gasteiger partial charge in [0.25, 0.3) is 0 Å². The minimum Gasteiger partial charge on any atom is -0.388 e. The number of aliphatic hydroxyl groups excluding tert-OH is 1. The average Bonchev–Trinajstić information content (AvgIpc) is 3.17. The van der Waals surface area contributed by atoms with Crippen LogP contribution in [0.15, 0.2) is 49.1 Å². The number of aromatic nitrogens is 3. The lowest BCUT2D eigenvalue weighted by Crippen LogP contribution is -2.29. The van der Waals surface area contributed by atoms with Crippen LogP contribution in [0.3, 0.4) is 0 Å². The molecule has 4 nitrogen and oxygen atoms in total. The van der Waals surface area contributed by atoms with Crippen molar-refractivity contribution in [2.24, 2.45) is 5.92 Å². The van der Waals surface area contributed by atoms with Crippen LogP contribution in [0.2, 0.25) is 0 Å². The molecule has 1 aliphatic heterocycles. The molecule has 1 N–H and O–H groups in total. The molecule has 5 rings (SSSR count). The van der Waals surface area contributed by atoms with Gasteiger partial charge in [-0.25, -0.2) is 9.37 Å². The Morgan fingerprint density at radius 2 is 2.12 bits per heavy atom. The summed E-state index contributed by atoms with van der Waals surface area (Å²) in [7, 11) is 0. The molecule has 24 heavy (non-hydrogen) atoms. The molecule has 3 atom stereocenters. The first-order chi connectivity index (χ1) is 11.7. The van der Waals surface area contributed by atoms with Crippen molar-refractivity contribution in [3.8, 4) is 11.3 Å². The fraction of sp³-hybridized carbons (Fsp3) is 0.263. The summed E-state index contributed by atoms with van der Waals surface area (Å²) in [6.45, 7) is 0. The minimum absolute atomic E-state index is 0.0151. The van der Waals surface area contributed by atoms with Crippen molar-refractivity contribution >= 4 is 0 Å². The largest absolute Gasteiger partial charge is 0.388 e. The SMILES string of the molecule is O[C@H]1c2cccnc2CC[C@@H]1C1c2ccc(F)cc2-c2cncn21. The molecule has 1 aromatic carbocycles. The second-order valence-electron chi connectivity index (χ2n) is 6.55. The van der Waals surface area contributed by atoms with E-state index in [1.807, 2.05) is 18.2 Å². The van der Waals surface area contributed by atoms with Gasteiger partial charge in [0, 0.05) is 28.9 Å². The van der Waals surface area contributed by atoms with Gasteiger partial charge >= 0.3 is 0 Å². The van der Waals surface area contributed by atoms with E-state index in [2.05, 4.69) is 14.5 Å². The Labute approximate surface area is 138 Å². The smallest absolute Gasteiger partial charge is 0.123 e. The molecule has 0 fully saturated rings. The van der Waals surface area contributed by atoms with Gasteiger partial charge in [0.2, 0.25) is 0 Å². The maximum Gasteiger partial charge on any atom is 0.123 e. The Bertz CT molecular complexity index is 936. The molecule has 0 spiro atoms. The third-order valence-electron chi connectivity index (χ3n) is 5.35. The topological polar surface area (TPSA) is 50.9 Å². The Morgan fingerprint density at radius 3 is 3.04 bits per heavy atom. The van der Waals surface area contributed by atoms with Crippen molar-refractivity contribution in [1.29, 1.82) is 0 Å². The zero-order valence-electron chi connectivity index (χ0n) is 12.9. The van der Waals surface area contributed by atoms with Crippen LogP contribution < -0.4 is 0 Å². The molecular formula is C19H16FN3O. The summed E-state index contributed by atoms with van der Waals surface area (Å²) >= 11 is 0. The molecule has 0 saturated carbocycles.